The molecule has 3 rings (SSSR count). The SMILES string of the molecule is I.NC(=NCc1cc(Cl)cc2c1OCC2)NCCCN1CCOCC1. The molecule has 2 aliphatic heterocycles. The van der Waals surface area contributed by atoms with Crippen molar-refractivity contribution in [1.29, 1.82) is 0 Å². The van der Waals surface area contributed by atoms with Gasteiger partial charge in [-0.2, -0.15) is 0 Å². The molecule has 0 saturated carbocycles. The summed E-state index contributed by atoms with van der Waals surface area (Å²) in [6, 6.07) is 3.87. The first-order valence-corrected chi connectivity index (χ1v) is 8.88. The molecule has 6 nitrogen and oxygen atoms in total. The van der Waals surface area contributed by atoms with E-state index in [2.05, 4.69) is 15.2 Å². The van der Waals surface area contributed by atoms with Gasteiger partial charge >= 0.3 is 0 Å². The van der Waals surface area contributed by atoms with Crippen LogP contribution in [0.4, 0.5) is 0 Å². The van der Waals surface area contributed by atoms with E-state index in [0.717, 1.165) is 74.1 Å². The van der Waals surface area contributed by atoms with Crippen molar-refractivity contribution in [2.45, 2.75) is 19.4 Å². The molecule has 0 radical (unpaired) electrons. The van der Waals surface area contributed by atoms with E-state index in [1.165, 1.54) is 0 Å². The van der Waals surface area contributed by atoms with Crippen molar-refractivity contribution in [2.75, 3.05) is 46.0 Å². The second kappa shape index (κ2) is 10.4. The maximum Gasteiger partial charge on any atom is 0.188 e. The molecule has 0 atom stereocenters. The molecule has 0 amide bonds. The van der Waals surface area contributed by atoms with Crippen molar-refractivity contribution in [1.82, 2.24) is 10.2 Å². The Morgan fingerprint density at radius 1 is 1.28 bits per heavy atom. The Balaban J connectivity index is 0.00000225. The highest BCUT2D eigenvalue weighted by Gasteiger charge is 2.17. The second-order valence-corrected chi connectivity index (χ2v) is 6.52. The molecule has 0 unspecified atom stereocenters. The van der Waals surface area contributed by atoms with Gasteiger partial charge in [0.2, 0.25) is 0 Å². The number of rotatable bonds is 6. The summed E-state index contributed by atoms with van der Waals surface area (Å²) in [5.41, 5.74) is 8.11. The quantitative estimate of drug-likeness (QED) is 0.282. The van der Waals surface area contributed by atoms with Crippen LogP contribution in [0.25, 0.3) is 0 Å². The van der Waals surface area contributed by atoms with E-state index in [0.29, 0.717) is 19.1 Å². The number of nitrogens with one attached hydrogen (secondary N) is 1. The highest BCUT2D eigenvalue weighted by molar-refractivity contribution is 14.0. The Kier molecular flexibility index (Phi) is 8.54. The number of morpholine rings is 1. The number of nitrogens with two attached hydrogens (primary N) is 1. The number of benzene rings is 1. The van der Waals surface area contributed by atoms with Gasteiger partial charge in [0.25, 0.3) is 0 Å². The predicted molar refractivity (Wildman–Crippen MR) is 111 cm³/mol. The van der Waals surface area contributed by atoms with Gasteiger partial charge in [0.05, 0.1) is 26.4 Å². The average molecular weight is 481 g/mol. The molecule has 1 fully saturated rings. The molecule has 0 aliphatic carbocycles. The number of nitrogens with zero attached hydrogens (tertiary/aromatic N) is 2. The van der Waals surface area contributed by atoms with Gasteiger partial charge in [0.15, 0.2) is 5.96 Å². The third-order valence-corrected chi connectivity index (χ3v) is 4.52. The summed E-state index contributed by atoms with van der Waals surface area (Å²) < 4.78 is 11.0. The molecule has 1 aromatic carbocycles. The van der Waals surface area contributed by atoms with Gasteiger partial charge in [-0.1, -0.05) is 11.6 Å². The molecule has 140 valence electrons. The van der Waals surface area contributed by atoms with E-state index in [1.54, 1.807) is 0 Å². The second-order valence-electron chi connectivity index (χ2n) is 6.09. The Labute approximate surface area is 171 Å². The third-order valence-electron chi connectivity index (χ3n) is 4.31. The fourth-order valence-corrected chi connectivity index (χ4v) is 3.30. The lowest BCUT2D eigenvalue weighted by atomic mass is 10.1. The largest absolute Gasteiger partial charge is 0.493 e. The molecule has 0 bridgehead atoms. The lowest BCUT2D eigenvalue weighted by Gasteiger charge is -2.26. The Morgan fingerprint density at radius 2 is 2.08 bits per heavy atom. The summed E-state index contributed by atoms with van der Waals surface area (Å²) in [5.74, 6) is 1.38. The van der Waals surface area contributed by atoms with Gasteiger partial charge in [-0.25, -0.2) is 4.99 Å². The highest BCUT2D eigenvalue weighted by Crippen LogP contribution is 2.33. The molecule has 3 N–H and O–H groups in total. The molecular formula is C17H26ClIN4O2. The molecule has 0 aromatic heterocycles. The molecule has 1 saturated heterocycles. The molecule has 25 heavy (non-hydrogen) atoms. The van der Waals surface area contributed by atoms with Crippen molar-refractivity contribution < 1.29 is 9.47 Å². The van der Waals surface area contributed by atoms with Crippen LogP contribution in [0.5, 0.6) is 5.75 Å². The summed E-state index contributed by atoms with van der Waals surface area (Å²) in [7, 11) is 0. The summed E-state index contributed by atoms with van der Waals surface area (Å²) in [5, 5.41) is 3.89. The smallest absolute Gasteiger partial charge is 0.188 e. The van der Waals surface area contributed by atoms with Crippen molar-refractivity contribution in [2.24, 2.45) is 10.7 Å². The molecule has 2 heterocycles. The average Bonchev–Trinajstić information content (AvgIpc) is 3.06. The number of halogens is 2. The predicted octanol–water partition coefficient (Wildman–Crippen LogP) is 2.02. The van der Waals surface area contributed by atoms with Gasteiger partial charge in [0, 0.05) is 36.6 Å². The minimum atomic E-state index is 0. The van der Waals surface area contributed by atoms with Crippen LogP contribution >= 0.6 is 35.6 Å². The number of hydrogen-bond acceptors (Lipinski definition) is 4. The summed E-state index contributed by atoms with van der Waals surface area (Å²) in [4.78, 5) is 6.82. The molecule has 0 spiro atoms. The van der Waals surface area contributed by atoms with E-state index in [4.69, 9.17) is 26.8 Å². The van der Waals surface area contributed by atoms with Crippen molar-refractivity contribution in [3.8, 4) is 5.75 Å². The van der Waals surface area contributed by atoms with E-state index < -0.39 is 0 Å². The Bertz CT molecular complexity index is 594. The number of ether oxygens (including phenoxy) is 2. The van der Waals surface area contributed by atoms with Crippen LogP contribution in [0.1, 0.15) is 17.5 Å². The van der Waals surface area contributed by atoms with Crippen molar-refractivity contribution in [3.63, 3.8) is 0 Å². The minimum absolute atomic E-state index is 0. The van der Waals surface area contributed by atoms with Gasteiger partial charge in [-0.3, -0.25) is 4.90 Å². The van der Waals surface area contributed by atoms with Crippen LogP contribution < -0.4 is 15.8 Å². The standard InChI is InChI=1S/C17H25ClN4O2.HI/c18-15-10-13-2-7-24-16(13)14(11-15)12-21-17(19)20-3-1-4-22-5-8-23-9-6-22;/h10-11H,1-9,12H2,(H3,19,20,21);1H. The maximum absolute atomic E-state index is 6.16. The number of fused-ring (bicyclic) bond motifs is 1. The first-order valence-electron chi connectivity index (χ1n) is 8.50. The summed E-state index contributed by atoms with van der Waals surface area (Å²) >= 11 is 6.16. The fraction of sp³-hybridized carbons (Fsp3) is 0.588. The monoisotopic (exact) mass is 480 g/mol. The van der Waals surface area contributed by atoms with E-state index in [-0.39, 0.29) is 24.0 Å². The van der Waals surface area contributed by atoms with Gasteiger partial charge < -0.3 is 20.5 Å². The zero-order valence-corrected chi connectivity index (χ0v) is 17.4. The van der Waals surface area contributed by atoms with Crippen molar-refractivity contribution >= 4 is 41.5 Å². The Hall–Kier alpha value is -0.770. The van der Waals surface area contributed by atoms with Crippen LogP contribution in [-0.2, 0) is 17.7 Å². The summed E-state index contributed by atoms with van der Waals surface area (Å²) in [6.45, 7) is 6.77. The minimum Gasteiger partial charge on any atom is -0.493 e. The first kappa shape index (κ1) is 20.5. The van der Waals surface area contributed by atoms with Crippen LogP contribution in [0.3, 0.4) is 0 Å². The lowest BCUT2D eigenvalue weighted by molar-refractivity contribution is 0.0376. The fourth-order valence-electron chi connectivity index (χ4n) is 3.03. The third kappa shape index (κ3) is 6.16. The van der Waals surface area contributed by atoms with Crippen LogP contribution in [-0.4, -0.2) is 56.9 Å². The topological polar surface area (TPSA) is 72.1 Å². The van der Waals surface area contributed by atoms with Gasteiger partial charge in [-0.05, 0) is 30.7 Å². The van der Waals surface area contributed by atoms with Gasteiger partial charge in [-0.15, -0.1) is 24.0 Å². The number of hydrogen-bond donors (Lipinski definition) is 2. The highest BCUT2D eigenvalue weighted by atomic mass is 127. The van der Waals surface area contributed by atoms with E-state index >= 15 is 0 Å². The lowest BCUT2D eigenvalue weighted by Crippen LogP contribution is -2.39. The first-order chi connectivity index (χ1) is 11.7. The van der Waals surface area contributed by atoms with Crippen LogP contribution in [0.15, 0.2) is 17.1 Å². The van der Waals surface area contributed by atoms with Crippen molar-refractivity contribution in [3.05, 3.63) is 28.3 Å². The zero-order valence-electron chi connectivity index (χ0n) is 14.3. The molecule has 1 aromatic rings. The van der Waals surface area contributed by atoms with Crippen LogP contribution in [0, 0.1) is 0 Å². The zero-order chi connectivity index (χ0) is 16.8. The van der Waals surface area contributed by atoms with Crippen LogP contribution in [0.2, 0.25) is 5.02 Å². The number of aliphatic imine (C=N–C) groups is 1. The molecule has 8 heteroatoms. The normalized spacial score (nSPS) is 17.6. The number of guanidine groups is 1. The Morgan fingerprint density at radius 3 is 2.88 bits per heavy atom. The van der Waals surface area contributed by atoms with E-state index in [9.17, 15) is 0 Å². The molecule has 2 aliphatic rings. The summed E-state index contributed by atoms with van der Waals surface area (Å²) in [6.07, 6.45) is 1.94. The maximum atomic E-state index is 6.16. The molecular weight excluding hydrogens is 455 g/mol. The van der Waals surface area contributed by atoms with Gasteiger partial charge in [0.1, 0.15) is 5.75 Å². The van der Waals surface area contributed by atoms with E-state index in [1.807, 2.05) is 12.1 Å².